The average molecular weight is 377 g/mol. The summed E-state index contributed by atoms with van der Waals surface area (Å²) in [5, 5.41) is 7.24. The van der Waals surface area contributed by atoms with Gasteiger partial charge in [0.05, 0.1) is 12.2 Å². The van der Waals surface area contributed by atoms with Crippen LogP contribution in [0, 0.1) is 13.8 Å². The van der Waals surface area contributed by atoms with Gasteiger partial charge >= 0.3 is 0 Å². The topological polar surface area (TPSA) is 67.5 Å². The summed E-state index contributed by atoms with van der Waals surface area (Å²) >= 11 is 0. The van der Waals surface area contributed by atoms with Gasteiger partial charge < -0.3 is 14.4 Å². The van der Waals surface area contributed by atoms with Crippen LogP contribution in [0.15, 0.2) is 48.5 Å². The zero-order valence-corrected chi connectivity index (χ0v) is 16.2. The van der Waals surface area contributed by atoms with Crippen molar-refractivity contribution in [2.75, 3.05) is 20.2 Å². The molecule has 2 aromatic carbocycles. The number of rotatable bonds is 4. The normalized spacial score (nSPS) is 15.3. The summed E-state index contributed by atoms with van der Waals surface area (Å²) in [6.45, 7) is 4.80. The first-order valence-electron chi connectivity index (χ1n) is 9.29. The van der Waals surface area contributed by atoms with E-state index in [1.54, 1.807) is 11.9 Å². The van der Waals surface area contributed by atoms with Crippen LogP contribution in [-0.2, 0) is 0 Å². The lowest BCUT2D eigenvalue weighted by Crippen LogP contribution is -2.41. The number of aromatic amines is 1. The van der Waals surface area contributed by atoms with Crippen LogP contribution in [-0.4, -0.2) is 47.3 Å². The quantitative estimate of drug-likeness (QED) is 0.754. The number of H-pyrrole nitrogens is 1. The second-order valence-corrected chi connectivity index (χ2v) is 7.07. The summed E-state index contributed by atoms with van der Waals surface area (Å²) in [5.74, 6) is 1.40. The monoisotopic (exact) mass is 377 g/mol. The molecule has 2 heterocycles. The number of likely N-dealkylation sites (N-methyl/N-ethyl adjacent to an activating group) is 1. The van der Waals surface area contributed by atoms with Crippen molar-refractivity contribution in [3.8, 4) is 22.6 Å². The zero-order valence-electron chi connectivity index (χ0n) is 16.2. The number of carbonyl (C=O) groups excluding carboxylic acids is 1. The number of fused-ring (bicyclic) bond motifs is 1. The minimum atomic E-state index is -0.203. The number of amides is 1. The van der Waals surface area contributed by atoms with E-state index in [4.69, 9.17) is 9.47 Å². The lowest BCUT2D eigenvalue weighted by atomic mass is 10.0. The molecular formula is C22H23N3O3. The SMILES string of the molecule is Cc1n[nH]c(C)c1-c1cccc(C(=O)N(C)C[C@H]2COc3ccccc3O2)c1. The maximum atomic E-state index is 13.0. The third kappa shape index (κ3) is 3.45. The molecule has 1 aliphatic heterocycles. The van der Waals surface area contributed by atoms with Crippen molar-refractivity contribution >= 4 is 5.91 Å². The van der Waals surface area contributed by atoms with E-state index in [9.17, 15) is 4.79 Å². The Labute approximate surface area is 164 Å². The summed E-state index contributed by atoms with van der Waals surface area (Å²) in [7, 11) is 1.78. The van der Waals surface area contributed by atoms with Gasteiger partial charge in [0.2, 0.25) is 0 Å². The number of ether oxygens (including phenoxy) is 2. The fourth-order valence-corrected chi connectivity index (χ4v) is 3.55. The van der Waals surface area contributed by atoms with Crippen LogP contribution >= 0.6 is 0 Å². The van der Waals surface area contributed by atoms with Gasteiger partial charge in [-0.15, -0.1) is 0 Å². The van der Waals surface area contributed by atoms with E-state index in [0.29, 0.717) is 24.5 Å². The molecule has 1 aromatic heterocycles. The third-order valence-electron chi connectivity index (χ3n) is 4.92. The van der Waals surface area contributed by atoms with Gasteiger partial charge in [0.25, 0.3) is 5.91 Å². The van der Waals surface area contributed by atoms with Crippen molar-refractivity contribution in [2.24, 2.45) is 0 Å². The Kier molecular flexibility index (Phi) is 4.77. The number of carbonyl (C=O) groups is 1. The molecule has 0 bridgehead atoms. The highest BCUT2D eigenvalue weighted by molar-refractivity contribution is 5.95. The Morgan fingerprint density at radius 2 is 1.96 bits per heavy atom. The molecule has 0 fully saturated rings. The Balaban J connectivity index is 1.48. The molecule has 3 aromatic rings. The van der Waals surface area contributed by atoms with E-state index in [-0.39, 0.29) is 12.0 Å². The maximum Gasteiger partial charge on any atom is 0.253 e. The van der Waals surface area contributed by atoms with E-state index < -0.39 is 0 Å². The Bertz CT molecular complexity index is 992. The van der Waals surface area contributed by atoms with Gasteiger partial charge in [0, 0.05) is 23.9 Å². The number of nitrogens with one attached hydrogen (secondary N) is 1. The molecule has 4 rings (SSSR count). The maximum absolute atomic E-state index is 13.0. The van der Waals surface area contributed by atoms with Crippen LogP contribution in [0.2, 0.25) is 0 Å². The van der Waals surface area contributed by atoms with Crippen molar-refractivity contribution < 1.29 is 14.3 Å². The van der Waals surface area contributed by atoms with E-state index in [1.165, 1.54) is 0 Å². The van der Waals surface area contributed by atoms with Gasteiger partial charge in [-0.1, -0.05) is 24.3 Å². The van der Waals surface area contributed by atoms with Crippen LogP contribution in [0.1, 0.15) is 21.7 Å². The van der Waals surface area contributed by atoms with E-state index in [1.807, 2.05) is 62.4 Å². The molecule has 0 saturated carbocycles. The largest absolute Gasteiger partial charge is 0.486 e. The second kappa shape index (κ2) is 7.38. The van der Waals surface area contributed by atoms with Crippen LogP contribution in [0.25, 0.3) is 11.1 Å². The molecule has 6 heteroatoms. The highest BCUT2D eigenvalue weighted by Gasteiger charge is 2.24. The Morgan fingerprint density at radius 1 is 1.18 bits per heavy atom. The number of aryl methyl sites for hydroxylation is 2. The van der Waals surface area contributed by atoms with Crippen molar-refractivity contribution in [3.63, 3.8) is 0 Å². The smallest absolute Gasteiger partial charge is 0.253 e. The molecule has 1 atom stereocenters. The predicted molar refractivity (Wildman–Crippen MR) is 107 cm³/mol. The summed E-state index contributed by atoms with van der Waals surface area (Å²) in [6, 6.07) is 15.2. The van der Waals surface area contributed by atoms with Gasteiger partial charge in [-0.2, -0.15) is 5.10 Å². The van der Waals surface area contributed by atoms with Crippen molar-refractivity contribution in [2.45, 2.75) is 20.0 Å². The van der Waals surface area contributed by atoms with E-state index in [0.717, 1.165) is 28.3 Å². The number of hydrogen-bond donors (Lipinski definition) is 1. The molecule has 0 unspecified atom stereocenters. The van der Waals surface area contributed by atoms with E-state index >= 15 is 0 Å². The average Bonchev–Trinajstić information content (AvgIpc) is 3.05. The van der Waals surface area contributed by atoms with Crippen LogP contribution in [0.3, 0.4) is 0 Å². The highest BCUT2D eigenvalue weighted by atomic mass is 16.6. The highest BCUT2D eigenvalue weighted by Crippen LogP contribution is 2.31. The fraction of sp³-hybridized carbons (Fsp3) is 0.273. The summed E-state index contributed by atoms with van der Waals surface area (Å²) in [6.07, 6.45) is -0.203. The molecule has 1 aliphatic rings. The molecule has 1 amide bonds. The molecule has 144 valence electrons. The first-order chi connectivity index (χ1) is 13.5. The summed E-state index contributed by atoms with van der Waals surface area (Å²) < 4.78 is 11.7. The summed E-state index contributed by atoms with van der Waals surface area (Å²) in [5.41, 5.74) is 4.56. The van der Waals surface area contributed by atoms with Crippen molar-refractivity contribution in [3.05, 3.63) is 65.5 Å². The van der Waals surface area contributed by atoms with Gasteiger partial charge in [0.15, 0.2) is 17.6 Å². The molecule has 0 saturated heterocycles. The van der Waals surface area contributed by atoms with Gasteiger partial charge in [-0.3, -0.25) is 9.89 Å². The molecule has 0 spiro atoms. The molecule has 0 radical (unpaired) electrons. The number of aromatic nitrogens is 2. The van der Waals surface area contributed by atoms with E-state index in [2.05, 4.69) is 10.2 Å². The molecule has 6 nitrogen and oxygen atoms in total. The minimum Gasteiger partial charge on any atom is -0.486 e. The number of nitrogens with zero attached hydrogens (tertiary/aromatic N) is 2. The number of para-hydroxylation sites is 2. The summed E-state index contributed by atoms with van der Waals surface area (Å²) in [4.78, 5) is 14.6. The van der Waals surface area contributed by atoms with Crippen molar-refractivity contribution in [1.82, 2.24) is 15.1 Å². The lowest BCUT2D eigenvalue weighted by Gasteiger charge is -2.29. The van der Waals surface area contributed by atoms with Crippen molar-refractivity contribution in [1.29, 1.82) is 0 Å². The zero-order chi connectivity index (χ0) is 19.7. The molecular weight excluding hydrogens is 354 g/mol. The standard InChI is InChI=1S/C22H23N3O3/c1-14-21(15(2)24-23-14)16-7-6-8-17(11-16)22(26)25(3)12-18-13-27-19-9-4-5-10-20(19)28-18/h4-11,18H,12-13H2,1-3H3,(H,23,24)/t18-/m0/s1. The number of hydrogen-bond acceptors (Lipinski definition) is 4. The van der Waals surface area contributed by atoms with Gasteiger partial charge in [-0.05, 0) is 43.7 Å². The van der Waals surface area contributed by atoms with Crippen LogP contribution < -0.4 is 9.47 Å². The third-order valence-corrected chi connectivity index (χ3v) is 4.92. The molecule has 28 heavy (non-hydrogen) atoms. The Morgan fingerprint density at radius 3 is 2.71 bits per heavy atom. The van der Waals surface area contributed by atoms with Crippen LogP contribution in [0.5, 0.6) is 11.5 Å². The van der Waals surface area contributed by atoms with Crippen LogP contribution in [0.4, 0.5) is 0 Å². The first-order valence-corrected chi connectivity index (χ1v) is 9.29. The lowest BCUT2D eigenvalue weighted by molar-refractivity contribution is 0.0521. The minimum absolute atomic E-state index is 0.0527. The molecule has 0 aliphatic carbocycles. The Hall–Kier alpha value is -3.28. The predicted octanol–water partition coefficient (Wildman–Crippen LogP) is 3.61. The molecule has 1 N–H and O–H groups in total. The first kappa shape index (κ1) is 18.1. The fourth-order valence-electron chi connectivity index (χ4n) is 3.55. The van der Waals surface area contributed by atoms with Gasteiger partial charge in [0.1, 0.15) is 6.61 Å². The van der Waals surface area contributed by atoms with Gasteiger partial charge in [-0.25, -0.2) is 0 Å². The number of benzene rings is 2. The second-order valence-electron chi connectivity index (χ2n) is 7.07.